The van der Waals surface area contributed by atoms with E-state index in [-0.39, 0.29) is 49.0 Å². The third kappa shape index (κ3) is 5.42. The maximum Gasteiger partial charge on any atom is 0.238 e. The lowest BCUT2D eigenvalue weighted by Crippen LogP contribution is -2.48. The molecule has 4 atom stereocenters. The third-order valence-electron chi connectivity index (χ3n) is 6.63. The summed E-state index contributed by atoms with van der Waals surface area (Å²) < 4.78 is 12.2. The Bertz CT molecular complexity index is 824. The van der Waals surface area contributed by atoms with Gasteiger partial charge in [0.1, 0.15) is 18.0 Å². The predicted octanol–water partition coefficient (Wildman–Crippen LogP) is 2.02. The van der Waals surface area contributed by atoms with Crippen LogP contribution in [0.3, 0.4) is 0 Å². The van der Waals surface area contributed by atoms with Gasteiger partial charge in [-0.25, -0.2) is 0 Å². The van der Waals surface area contributed by atoms with Crippen LogP contribution < -0.4 is 15.4 Å². The average molecular weight is 446 g/mol. The van der Waals surface area contributed by atoms with E-state index < -0.39 is 6.10 Å². The Labute approximate surface area is 189 Å². The molecule has 2 heterocycles. The molecule has 1 aromatic rings. The summed E-state index contributed by atoms with van der Waals surface area (Å²) in [6.07, 6.45) is 5.54. The first-order valence-electron chi connectivity index (χ1n) is 11.7. The van der Waals surface area contributed by atoms with Crippen molar-refractivity contribution in [3.05, 3.63) is 23.8 Å². The van der Waals surface area contributed by atoms with Gasteiger partial charge in [-0.2, -0.15) is 0 Å². The standard InChI is InChI=1S/C24H35N3O5/c1-27(2)13-23(30)26-16-8-9-20-18(10-16)19-11-17(31-21(14-28)24(19)32-20)12-22(29)25-15-6-4-3-5-7-15/h8-10,15,17,19,21,24,28H,3-7,11-14H2,1-2H3,(H,25,29)(H,26,30)/t17-,19+,21+,24-/m1/s1. The smallest absolute Gasteiger partial charge is 0.238 e. The number of ether oxygens (including phenoxy) is 2. The topological polar surface area (TPSA) is 100 Å². The van der Waals surface area contributed by atoms with Gasteiger partial charge in [-0.3, -0.25) is 9.59 Å². The Hall–Kier alpha value is -2.16. The Morgan fingerprint density at radius 1 is 1.16 bits per heavy atom. The first-order chi connectivity index (χ1) is 15.4. The van der Waals surface area contributed by atoms with Gasteiger partial charge in [0.2, 0.25) is 11.8 Å². The van der Waals surface area contributed by atoms with E-state index in [0.29, 0.717) is 13.0 Å². The molecule has 0 unspecified atom stereocenters. The number of hydrogen-bond donors (Lipinski definition) is 3. The Morgan fingerprint density at radius 2 is 1.94 bits per heavy atom. The van der Waals surface area contributed by atoms with Crippen molar-refractivity contribution in [1.29, 1.82) is 0 Å². The Morgan fingerprint density at radius 3 is 2.66 bits per heavy atom. The van der Waals surface area contributed by atoms with Crippen molar-refractivity contribution in [3.63, 3.8) is 0 Å². The van der Waals surface area contributed by atoms with Gasteiger partial charge in [0.15, 0.2) is 0 Å². The molecular formula is C24H35N3O5. The van der Waals surface area contributed by atoms with Crippen LogP contribution in [0.2, 0.25) is 0 Å². The van der Waals surface area contributed by atoms with Crippen LogP contribution in [0.25, 0.3) is 0 Å². The second-order valence-electron chi connectivity index (χ2n) is 9.55. The van der Waals surface area contributed by atoms with Crippen molar-refractivity contribution >= 4 is 17.5 Å². The molecule has 1 aromatic carbocycles. The molecule has 176 valence electrons. The van der Waals surface area contributed by atoms with E-state index in [1.807, 2.05) is 37.2 Å². The highest BCUT2D eigenvalue weighted by Crippen LogP contribution is 2.47. The number of anilines is 1. The third-order valence-corrected chi connectivity index (χ3v) is 6.63. The molecule has 1 saturated heterocycles. The number of fused-ring (bicyclic) bond motifs is 3. The molecule has 1 aliphatic carbocycles. The maximum absolute atomic E-state index is 12.6. The number of rotatable bonds is 7. The molecule has 0 aromatic heterocycles. The lowest BCUT2D eigenvalue weighted by molar-refractivity contribution is -0.142. The number of likely N-dealkylation sites (N-methyl/N-ethyl adjacent to an activating group) is 1. The zero-order chi connectivity index (χ0) is 22.7. The van der Waals surface area contributed by atoms with Crippen molar-refractivity contribution in [1.82, 2.24) is 10.2 Å². The van der Waals surface area contributed by atoms with Crippen molar-refractivity contribution in [3.8, 4) is 5.75 Å². The molecule has 1 saturated carbocycles. The number of nitrogens with zero attached hydrogens (tertiary/aromatic N) is 1. The fraction of sp³-hybridized carbons (Fsp3) is 0.667. The molecule has 2 amide bonds. The number of benzene rings is 1. The monoisotopic (exact) mass is 445 g/mol. The Balaban J connectivity index is 1.43. The predicted molar refractivity (Wildman–Crippen MR) is 121 cm³/mol. The lowest BCUT2D eigenvalue weighted by atomic mass is 9.84. The van der Waals surface area contributed by atoms with Gasteiger partial charge in [0.25, 0.3) is 0 Å². The summed E-state index contributed by atoms with van der Waals surface area (Å²) in [7, 11) is 3.70. The molecule has 32 heavy (non-hydrogen) atoms. The van der Waals surface area contributed by atoms with Crippen molar-refractivity contribution in [2.24, 2.45) is 0 Å². The second kappa shape index (κ2) is 10.2. The summed E-state index contributed by atoms with van der Waals surface area (Å²) >= 11 is 0. The minimum Gasteiger partial charge on any atom is -0.487 e. The molecule has 8 nitrogen and oxygen atoms in total. The van der Waals surface area contributed by atoms with Gasteiger partial charge in [-0.05, 0) is 51.6 Å². The number of carbonyl (C=O) groups is 2. The fourth-order valence-electron chi connectivity index (χ4n) is 5.19. The minimum absolute atomic E-state index is 0.00841. The van der Waals surface area contributed by atoms with Crippen molar-refractivity contribution < 1.29 is 24.2 Å². The number of carbonyl (C=O) groups excluding carboxylic acids is 2. The number of hydrogen-bond acceptors (Lipinski definition) is 6. The second-order valence-corrected chi connectivity index (χ2v) is 9.55. The van der Waals surface area contributed by atoms with Crippen LogP contribution in [0, 0.1) is 0 Å². The number of aliphatic hydroxyl groups is 1. The molecule has 4 rings (SSSR count). The van der Waals surface area contributed by atoms with E-state index in [0.717, 1.165) is 29.8 Å². The molecular weight excluding hydrogens is 410 g/mol. The van der Waals surface area contributed by atoms with Crippen molar-refractivity contribution in [2.45, 2.75) is 75.2 Å². The fourth-order valence-corrected chi connectivity index (χ4v) is 5.19. The normalized spacial score (nSPS) is 27.4. The molecule has 0 spiro atoms. The number of aliphatic hydroxyl groups excluding tert-OH is 1. The van der Waals surface area contributed by atoms with Crippen LogP contribution in [0.5, 0.6) is 5.75 Å². The zero-order valence-corrected chi connectivity index (χ0v) is 19.0. The van der Waals surface area contributed by atoms with Crippen LogP contribution in [0.15, 0.2) is 18.2 Å². The maximum atomic E-state index is 12.6. The first kappa shape index (κ1) is 23.0. The largest absolute Gasteiger partial charge is 0.487 e. The van der Waals surface area contributed by atoms with E-state index in [9.17, 15) is 14.7 Å². The molecule has 2 aliphatic heterocycles. The molecule has 2 fully saturated rings. The van der Waals surface area contributed by atoms with Crippen LogP contribution >= 0.6 is 0 Å². The summed E-state index contributed by atoms with van der Waals surface area (Å²) in [5.41, 5.74) is 1.72. The molecule has 3 aliphatic rings. The zero-order valence-electron chi connectivity index (χ0n) is 19.0. The van der Waals surface area contributed by atoms with Crippen LogP contribution in [-0.2, 0) is 14.3 Å². The van der Waals surface area contributed by atoms with E-state index in [1.165, 1.54) is 19.3 Å². The summed E-state index contributed by atoms with van der Waals surface area (Å²) in [4.78, 5) is 26.6. The molecule has 0 bridgehead atoms. The lowest BCUT2D eigenvalue weighted by Gasteiger charge is -2.37. The van der Waals surface area contributed by atoms with Gasteiger partial charge in [0.05, 0.1) is 25.7 Å². The highest BCUT2D eigenvalue weighted by Gasteiger charge is 2.46. The Kier molecular flexibility index (Phi) is 7.33. The molecule has 8 heteroatoms. The van der Waals surface area contributed by atoms with E-state index in [4.69, 9.17) is 9.47 Å². The highest BCUT2D eigenvalue weighted by molar-refractivity contribution is 5.92. The number of amides is 2. The first-order valence-corrected chi connectivity index (χ1v) is 11.7. The SMILES string of the molecule is CN(C)CC(=O)Nc1ccc2c(c1)[C@@H]1C[C@H](CC(=O)NC3CCCCC3)O[C@@H](CO)[C@@H]1O2. The van der Waals surface area contributed by atoms with Gasteiger partial charge in [0, 0.05) is 23.2 Å². The number of nitrogens with one attached hydrogen (secondary N) is 2. The summed E-state index contributed by atoms with van der Waals surface area (Å²) in [6.45, 7) is 0.139. The summed E-state index contributed by atoms with van der Waals surface area (Å²) in [5, 5.41) is 16.0. The van der Waals surface area contributed by atoms with Crippen LogP contribution in [-0.4, -0.2) is 73.4 Å². The molecule has 3 N–H and O–H groups in total. The average Bonchev–Trinajstić information content (AvgIpc) is 3.11. The van der Waals surface area contributed by atoms with Crippen LogP contribution in [0.4, 0.5) is 5.69 Å². The minimum atomic E-state index is -0.486. The van der Waals surface area contributed by atoms with Crippen LogP contribution in [0.1, 0.15) is 56.4 Å². The summed E-state index contributed by atoms with van der Waals surface area (Å²) in [5.74, 6) is 0.692. The highest BCUT2D eigenvalue weighted by atomic mass is 16.6. The van der Waals surface area contributed by atoms with Gasteiger partial charge < -0.3 is 30.1 Å². The van der Waals surface area contributed by atoms with E-state index >= 15 is 0 Å². The van der Waals surface area contributed by atoms with E-state index in [2.05, 4.69) is 10.6 Å². The quantitative estimate of drug-likeness (QED) is 0.594. The van der Waals surface area contributed by atoms with Gasteiger partial charge in [-0.1, -0.05) is 19.3 Å². The van der Waals surface area contributed by atoms with Gasteiger partial charge in [-0.15, -0.1) is 0 Å². The van der Waals surface area contributed by atoms with Gasteiger partial charge >= 0.3 is 0 Å². The van der Waals surface area contributed by atoms with E-state index in [1.54, 1.807) is 0 Å². The van der Waals surface area contributed by atoms with Crippen molar-refractivity contribution in [2.75, 3.05) is 32.6 Å². The molecule has 0 radical (unpaired) electrons. The summed E-state index contributed by atoms with van der Waals surface area (Å²) in [6, 6.07) is 5.91.